The summed E-state index contributed by atoms with van der Waals surface area (Å²) in [5.41, 5.74) is 0.529. The van der Waals surface area contributed by atoms with Crippen LogP contribution in [0.4, 0.5) is 0 Å². The van der Waals surface area contributed by atoms with E-state index in [0.29, 0.717) is 29.1 Å². The number of hydrogen-bond acceptors (Lipinski definition) is 5. The second kappa shape index (κ2) is 10.3. The minimum atomic E-state index is -0.178. The van der Waals surface area contributed by atoms with Gasteiger partial charge in [-0.25, -0.2) is 4.98 Å². The molecule has 0 bridgehead atoms. The van der Waals surface area contributed by atoms with Crippen molar-refractivity contribution in [3.8, 4) is 0 Å². The van der Waals surface area contributed by atoms with Gasteiger partial charge in [0.25, 0.3) is 5.56 Å². The lowest BCUT2D eigenvalue weighted by Crippen LogP contribution is -2.41. The predicted molar refractivity (Wildman–Crippen MR) is 113 cm³/mol. The minimum Gasteiger partial charge on any atom is -0.355 e. The van der Waals surface area contributed by atoms with Crippen LogP contribution in [0.25, 0.3) is 10.9 Å². The Morgan fingerprint density at radius 1 is 1.25 bits per heavy atom. The van der Waals surface area contributed by atoms with E-state index in [1.54, 1.807) is 16.7 Å². The zero-order valence-corrected chi connectivity index (χ0v) is 17.7. The molecule has 2 rings (SSSR count). The molecular weight excluding hydrogens is 376 g/mol. The summed E-state index contributed by atoms with van der Waals surface area (Å²) in [6, 6.07) is 7.21. The molecule has 0 aliphatic rings. The van der Waals surface area contributed by atoms with Gasteiger partial charge in [0.05, 0.1) is 23.2 Å². The Morgan fingerprint density at radius 3 is 2.61 bits per heavy atom. The summed E-state index contributed by atoms with van der Waals surface area (Å²) in [6.45, 7) is 8.67. The van der Waals surface area contributed by atoms with Crippen molar-refractivity contribution in [3.63, 3.8) is 0 Å². The van der Waals surface area contributed by atoms with E-state index in [4.69, 9.17) is 0 Å². The van der Waals surface area contributed by atoms with Crippen molar-refractivity contribution < 1.29 is 9.59 Å². The fourth-order valence-corrected chi connectivity index (χ4v) is 3.82. The highest BCUT2D eigenvalue weighted by molar-refractivity contribution is 7.99. The number of thioether (sulfide) groups is 1. The molecule has 0 saturated carbocycles. The molecule has 0 spiro atoms. The number of carbonyl (C=O) groups is 2. The van der Waals surface area contributed by atoms with Crippen LogP contribution in [0.15, 0.2) is 34.2 Å². The third-order valence-electron chi connectivity index (χ3n) is 4.57. The molecular formula is C20H28N4O3S. The number of para-hydroxylation sites is 1. The van der Waals surface area contributed by atoms with Crippen molar-refractivity contribution >= 4 is 34.5 Å². The molecule has 1 heterocycles. The number of amides is 2. The molecule has 2 amide bonds. The van der Waals surface area contributed by atoms with Crippen molar-refractivity contribution in [2.45, 2.75) is 45.3 Å². The van der Waals surface area contributed by atoms with E-state index in [2.05, 4.69) is 10.3 Å². The summed E-state index contributed by atoms with van der Waals surface area (Å²) in [4.78, 5) is 43.5. The largest absolute Gasteiger partial charge is 0.355 e. The van der Waals surface area contributed by atoms with Gasteiger partial charge in [-0.1, -0.05) is 30.8 Å². The molecule has 0 aliphatic carbocycles. The first-order chi connectivity index (χ1) is 13.4. The molecule has 8 heteroatoms. The van der Waals surface area contributed by atoms with Crippen molar-refractivity contribution in [3.05, 3.63) is 34.6 Å². The lowest BCUT2D eigenvalue weighted by atomic mass is 10.2. The fraction of sp³-hybridized carbons (Fsp3) is 0.500. The Balaban J connectivity index is 2.26. The van der Waals surface area contributed by atoms with Crippen molar-refractivity contribution in [2.24, 2.45) is 0 Å². The number of likely N-dealkylation sites (N-methyl/N-ethyl adjacent to an activating group) is 2. The zero-order chi connectivity index (χ0) is 20.7. The summed E-state index contributed by atoms with van der Waals surface area (Å²) >= 11 is 1.24. The SMILES string of the molecule is CCNC(=O)CN(CC)C(=O)CSc1nc2ccccc2c(=O)n1[C@@H](C)CC. The Morgan fingerprint density at radius 2 is 1.96 bits per heavy atom. The molecule has 1 aromatic heterocycles. The van der Waals surface area contributed by atoms with E-state index in [0.717, 1.165) is 6.42 Å². The maximum atomic E-state index is 13.0. The Hall–Kier alpha value is -2.35. The lowest BCUT2D eigenvalue weighted by Gasteiger charge is -2.21. The van der Waals surface area contributed by atoms with Gasteiger partial charge < -0.3 is 10.2 Å². The maximum Gasteiger partial charge on any atom is 0.262 e. The predicted octanol–water partition coefficient (Wildman–Crippen LogP) is 2.44. The molecule has 28 heavy (non-hydrogen) atoms. The van der Waals surface area contributed by atoms with Gasteiger partial charge in [-0.2, -0.15) is 0 Å². The smallest absolute Gasteiger partial charge is 0.262 e. The van der Waals surface area contributed by atoms with Crippen molar-refractivity contribution in [2.75, 3.05) is 25.4 Å². The zero-order valence-electron chi connectivity index (χ0n) is 16.9. The number of rotatable bonds is 9. The van der Waals surface area contributed by atoms with E-state index < -0.39 is 0 Å². The molecule has 0 aliphatic heterocycles. The molecule has 1 atom stereocenters. The molecule has 1 aromatic carbocycles. The quantitative estimate of drug-likeness (QED) is 0.513. The highest BCUT2D eigenvalue weighted by Crippen LogP contribution is 2.22. The molecule has 152 valence electrons. The van der Waals surface area contributed by atoms with Crippen LogP contribution in [0.2, 0.25) is 0 Å². The number of aromatic nitrogens is 2. The van der Waals surface area contributed by atoms with Crippen LogP contribution >= 0.6 is 11.8 Å². The van der Waals surface area contributed by atoms with Crippen molar-refractivity contribution in [1.82, 2.24) is 19.8 Å². The van der Waals surface area contributed by atoms with Gasteiger partial charge in [0, 0.05) is 19.1 Å². The normalized spacial score (nSPS) is 12.0. The summed E-state index contributed by atoms with van der Waals surface area (Å²) in [5, 5.41) is 3.80. The van der Waals surface area contributed by atoms with E-state index >= 15 is 0 Å². The van der Waals surface area contributed by atoms with Crippen LogP contribution in [0.5, 0.6) is 0 Å². The van der Waals surface area contributed by atoms with Gasteiger partial charge >= 0.3 is 0 Å². The number of hydrogen-bond donors (Lipinski definition) is 1. The first-order valence-electron chi connectivity index (χ1n) is 9.61. The van der Waals surface area contributed by atoms with Gasteiger partial charge in [0.2, 0.25) is 11.8 Å². The first kappa shape index (κ1) is 21.9. The number of nitrogens with zero attached hydrogens (tertiary/aromatic N) is 3. The summed E-state index contributed by atoms with van der Waals surface area (Å²) < 4.78 is 1.67. The summed E-state index contributed by atoms with van der Waals surface area (Å²) in [7, 11) is 0. The van der Waals surface area contributed by atoms with Gasteiger partial charge in [-0.3, -0.25) is 19.0 Å². The monoisotopic (exact) mass is 404 g/mol. The molecule has 0 fully saturated rings. The van der Waals surface area contributed by atoms with Crippen LogP contribution in [0.1, 0.15) is 40.2 Å². The second-order valence-electron chi connectivity index (χ2n) is 6.49. The molecule has 0 unspecified atom stereocenters. The Bertz CT molecular complexity index is 897. The number of fused-ring (bicyclic) bond motifs is 1. The fourth-order valence-electron chi connectivity index (χ4n) is 2.82. The van der Waals surface area contributed by atoms with Crippen LogP contribution in [0, 0.1) is 0 Å². The van der Waals surface area contributed by atoms with Crippen LogP contribution in [-0.2, 0) is 9.59 Å². The van der Waals surface area contributed by atoms with Gasteiger partial charge in [0.15, 0.2) is 5.16 Å². The highest BCUT2D eigenvalue weighted by Gasteiger charge is 2.19. The average molecular weight is 405 g/mol. The summed E-state index contributed by atoms with van der Waals surface area (Å²) in [6.07, 6.45) is 0.777. The third-order valence-corrected chi connectivity index (χ3v) is 5.51. The Kier molecular flexibility index (Phi) is 8.04. The molecule has 0 radical (unpaired) electrons. The van der Waals surface area contributed by atoms with Crippen LogP contribution in [0.3, 0.4) is 0 Å². The summed E-state index contributed by atoms with van der Waals surface area (Å²) in [5.74, 6) is -0.214. The van der Waals surface area contributed by atoms with E-state index in [1.807, 2.05) is 39.8 Å². The minimum absolute atomic E-state index is 0.0279. The first-order valence-corrected chi connectivity index (χ1v) is 10.6. The van der Waals surface area contributed by atoms with Crippen LogP contribution in [-0.4, -0.2) is 51.7 Å². The molecule has 2 aromatic rings. The second-order valence-corrected chi connectivity index (χ2v) is 7.44. The number of carbonyl (C=O) groups excluding carboxylic acids is 2. The standard InChI is InChI=1S/C20H28N4O3S/c1-5-14(4)24-19(27)15-10-8-9-11-16(15)22-20(24)28-13-18(26)23(7-3)12-17(25)21-6-2/h8-11,14H,5-7,12-13H2,1-4H3,(H,21,25)/t14-/m0/s1. The van der Waals surface area contributed by atoms with Crippen molar-refractivity contribution in [1.29, 1.82) is 0 Å². The molecule has 0 saturated heterocycles. The molecule has 7 nitrogen and oxygen atoms in total. The third kappa shape index (κ3) is 5.13. The lowest BCUT2D eigenvalue weighted by molar-refractivity contribution is -0.133. The number of benzene rings is 1. The van der Waals surface area contributed by atoms with Gasteiger partial charge in [-0.05, 0) is 39.3 Å². The van der Waals surface area contributed by atoms with Gasteiger partial charge in [0.1, 0.15) is 0 Å². The van der Waals surface area contributed by atoms with E-state index in [-0.39, 0.29) is 35.7 Å². The molecule has 1 N–H and O–H groups in total. The number of nitrogens with one attached hydrogen (secondary N) is 1. The Labute approximate surface area is 169 Å². The highest BCUT2D eigenvalue weighted by atomic mass is 32.2. The topological polar surface area (TPSA) is 84.3 Å². The average Bonchev–Trinajstić information content (AvgIpc) is 2.70. The van der Waals surface area contributed by atoms with Gasteiger partial charge in [-0.15, -0.1) is 0 Å². The van der Waals surface area contributed by atoms with Crippen LogP contribution < -0.4 is 10.9 Å². The maximum absolute atomic E-state index is 13.0. The van der Waals surface area contributed by atoms with E-state index in [1.165, 1.54) is 16.7 Å². The van der Waals surface area contributed by atoms with E-state index in [9.17, 15) is 14.4 Å².